The van der Waals surface area contributed by atoms with Crippen molar-refractivity contribution in [1.82, 2.24) is 9.80 Å². The van der Waals surface area contributed by atoms with E-state index in [0.717, 1.165) is 40.3 Å². The summed E-state index contributed by atoms with van der Waals surface area (Å²) in [6.07, 6.45) is 3.13. The van der Waals surface area contributed by atoms with Gasteiger partial charge < -0.3 is 28.7 Å². The smallest absolute Gasteiger partial charge is 0.410 e. The molecule has 2 amide bonds. The van der Waals surface area contributed by atoms with Crippen molar-refractivity contribution < 1.29 is 28.5 Å². The number of rotatable bonds is 10. The summed E-state index contributed by atoms with van der Waals surface area (Å²) in [6, 6.07) is 12.0. The highest BCUT2D eigenvalue weighted by molar-refractivity contribution is 9.10. The van der Waals surface area contributed by atoms with Crippen molar-refractivity contribution in [3.05, 3.63) is 56.5 Å². The largest absolute Gasteiger partial charge is 0.493 e. The van der Waals surface area contributed by atoms with E-state index in [-0.39, 0.29) is 12.2 Å². The minimum Gasteiger partial charge on any atom is -0.493 e. The van der Waals surface area contributed by atoms with Crippen LogP contribution in [0.1, 0.15) is 65.5 Å². The van der Waals surface area contributed by atoms with E-state index in [4.69, 9.17) is 18.9 Å². The van der Waals surface area contributed by atoms with Gasteiger partial charge in [0, 0.05) is 36.1 Å². The lowest BCUT2D eigenvalue weighted by atomic mass is 10.1. The number of carbonyl (C=O) groups is 2. The number of ether oxygens (including phenoxy) is 4. The first kappa shape index (κ1) is 37.6. The van der Waals surface area contributed by atoms with E-state index in [0.29, 0.717) is 24.5 Å². The number of hydrogen-bond donors (Lipinski definition) is 0. The number of nitrogens with zero attached hydrogens (tertiary/aromatic N) is 2. The van der Waals surface area contributed by atoms with E-state index >= 15 is 0 Å². The van der Waals surface area contributed by atoms with Crippen LogP contribution in [0.3, 0.4) is 0 Å². The molecule has 0 fully saturated rings. The first-order chi connectivity index (χ1) is 19.5. The molecular weight excluding hydrogens is 668 g/mol. The van der Waals surface area contributed by atoms with Gasteiger partial charge in [-0.25, -0.2) is 9.59 Å². The van der Waals surface area contributed by atoms with Crippen LogP contribution in [0.25, 0.3) is 0 Å². The van der Waals surface area contributed by atoms with Gasteiger partial charge in [0.2, 0.25) is 0 Å². The Balaban J connectivity index is 0.000000422. The summed E-state index contributed by atoms with van der Waals surface area (Å²) >= 11 is 7.07. The maximum Gasteiger partial charge on any atom is 0.410 e. The molecule has 2 aromatic rings. The number of amides is 2. The summed E-state index contributed by atoms with van der Waals surface area (Å²) < 4.78 is 23.3. The Bertz CT molecular complexity index is 1140. The molecule has 0 aliphatic heterocycles. The third kappa shape index (κ3) is 14.6. The van der Waals surface area contributed by atoms with Crippen LogP contribution in [-0.4, -0.2) is 74.6 Å². The molecule has 10 heteroatoms. The van der Waals surface area contributed by atoms with Crippen molar-refractivity contribution in [2.75, 3.05) is 41.4 Å². The fourth-order valence-electron chi connectivity index (χ4n) is 3.60. The lowest BCUT2D eigenvalue weighted by molar-refractivity contribution is 0.0288. The monoisotopic (exact) mass is 714 g/mol. The first-order valence-corrected chi connectivity index (χ1v) is 15.6. The Kier molecular flexibility index (Phi) is 15.7. The molecule has 0 N–H and O–H groups in total. The minimum absolute atomic E-state index is 0.251. The summed E-state index contributed by atoms with van der Waals surface area (Å²) in [5.41, 5.74) is 1.43. The molecule has 0 aliphatic carbocycles. The Morgan fingerprint density at radius 1 is 0.690 bits per heavy atom. The van der Waals surface area contributed by atoms with Crippen molar-refractivity contribution in [3.63, 3.8) is 0 Å². The molecule has 236 valence electrons. The van der Waals surface area contributed by atoms with Crippen LogP contribution >= 0.6 is 31.9 Å². The summed E-state index contributed by atoms with van der Waals surface area (Å²) in [6.45, 7) is 12.5. The second-order valence-electron chi connectivity index (χ2n) is 11.9. The predicted molar refractivity (Wildman–Crippen MR) is 176 cm³/mol. The Labute approximate surface area is 269 Å². The molecule has 0 saturated heterocycles. The van der Waals surface area contributed by atoms with Gasteiger partial charge in [0.25, 0.3) is 0 Å². The highest BCUT2D eigenvalue weighted by Crippen LogP contribution is 2.33. The molecule has 0 saturated carbocycles. The van der Waals surface area contributed by atoms with Gasteiger partial charge in [0.1, 0.15) is 11.2 Å². The lowest BCUT2D eigenvalue weighted by Crippen LogP contribution is -2.35. The molecule has 0 atom stereocenters. The molecule has 0 bridgehead atoms. The standard InChI is InChI=1S/C16H24BrNO4.C16H24BrNO2/c1-16(2,3)22-15(19)18(4)8-7-11-9-13(20-5)14(21-6)10-12(11)17;1-16(2,3)20-15(19)18(4)12-8-7-10-13-9-5-6-11-14(13)17/h9-10H,7-8H2,1-6H3;5-6,9,11H,7-8,10,12H2,1-4H3. The SMILES string of the molecule is CN(CCCCc1ccccc1Br)C(=O)OC(C)(C)C.COc1cc(Br)c(CCN(C)C(=O)OC(C)(C)C)cc1OC. The summed E-state index contributed by atoms with van der Waals surface area (Å²) in [5, 5.41) is 0. The number of benzene rings is 2. The van der Waals surface area contributed by atoms with Crippen LogP contribution in [0.4, 0.5) is 9.59 Å². The molecule has 0 radical (unpaired) electrons. The van der Waals surface area contributed by atoms with Gasteiger partial charge >= 0.3 is 12.2 Å². The second-order valence-corrected chi connectivity index (χ2v) is 13.6. The maximum atomic E-state index is 11.9. The average molecular weight is 717 g/mol. The number of hydrogen-bond acceptors (Lipinski definition) is 6. The predicted octanol–water partition coefficient (Wildman–Crippen LogP) is 8.51. The van der Waals surface area contributed by atoms with Gasteiger partial charge in [-0.05, 0) is 96.6 Å². The van der Waals surface area contributed by atoms with E-state index in [1.54, 1.807) is 38.1 Å². The van der Waals surface area contributed by atoms with Crippen molar-refractivity contribution in [2.45, 2.75) is 78.4 Å². The Hall–Kier alpha value is -2.46. The third-order valence-corrected chi connectivity index (χ3v) is 7.34. The Morgan fingerprint density at radius 2 is 1.19 bits per heavy atom. The van der Waals surface area contributed by atoms with E-state index in [1.165, 1.54) is 5.56 Å². The maximum absolute atomic E-state index is 11.9. The van der Waals surface area contributed by atoms with Crippen molar-refractivity contribution in [2.24, 2.45) is 0 Å². The fourth-order valence-corrected chi connectivity index (χ4v) is 4.61. The van der Waals surface area contributed by atoms with Crippen LogP contribution in [0.15, 0.2) is 45.3 Å². The van der Waals surface area contributed by atoms with E-state index in [1.807, 2.05) is 65.8 Å². The minimum atomic E-state index is -0.491. The molecule has 0 spiro atoms. The molecule has 2 rings (SSSR count). The molecule has 8 nitrogen and oxygen atoms in total. The number of aryl methyl sites for hydroxylation is 1. The highest BCUT2D eigenvalue weighted by atomic mass is 79.9. The van der Waals surface area contributed by atoms with Gasteiger partial charge in [0.05, 0.1) is 14.2 Å². The van der Waals surface area contributed by atoms with Gasteiger partial charge in [-0.15, -0.1) is 0 Å². The van der Waals surface area contributed by atoms with E-state index < -0.39 is 11.2 Å². The lowest BCUT2D eigenvalue weighted by Gasteiger charge is -2.24. The van der Waals surface area contributed by atoms with E-state index in [2.05, 4.69) is 44.0 Å². The van der Waals surface area contributed by atoms with Crippen LogP contribution in [0.5, 0.6) is 11.5 Å². The number of halogens is 2. The van der Waals surface area contributed by atoms with Crippen molar-refractivity contribution in [1.29, 1.82) is 0 Å². The topological polar surface area (TPSA) is 77.5 Å². The zero-order valence-electron chi connectivity index (χ0n) is 26.8. The van der Waals surface area contributed by atoms with Gasteiger partial charge in [-0.3, -0.25) is 0 Å². The third-order valence-electron chi connectivity index (χ3n) is 5.83. The van der Waals surface area contributed by atoms with Crippen LogP contribution < -0.4 is 9.47 Å². The average Bonchev–Trinajstić information content (AvgIpc) is 2.89. The molecular formula is C32H48Br2N2O6. The molecule has 0 heterocycles. The number of carbonyl (C=O) groups excluding carboxylic acids is 2. The van der Waals surface area contributed by atoms with Crippen LogP contribution in [0.2, 0.25) is 0 Å². The zero-order valence-corrected chi connectivity index (χ0v) is 30.0. The second kappa shape index (κ2) is 17.6. The summed E-state index contributed by atoms with van der Waals surface area (Å²) in [5.74, 6) is 1.33. The first-order valence-electron chi connectivity index (χ1n) is 14.0. The zero-order chi connectivity index (χ0) is 32.1. The normalized spacial score (nSPS) is 11.1. The molecule has 42 heavy (non-hydrogen) atoms. The summed E-state index contributed by atoms with van der Waals surface area (Å²) in [4.78, 5) is 26.9. The molecule has 0 aliphatic rings. The molecule has 2 aromatic carbocycles. The molecule has 0 aromatic heterocycles. The van der Waals surface area contributed by atoms with E-state index in [9.17, 15) is 9.59 Å². The fraction of sp³-hybridized carbons (Fsp3) is 0.562. The van der Waals surface area contributed by atoms with Crippen LogP contribution in [-0.2, 0) is 22.3 Å². The van der Waals surface area contributed by atoms with Gasteiger partial charge in [0.15, 0.2) is 11.5 Å². The Morgan fingerprint density at radius 3 is 1.69 bits per heavy atom. The number of methoxy groups -OCH3 is 2. The molecule has 0 unspecified atom stereocenters. The number of unbranched alkanes of at least 4 members (excludes halogenated alkanes) is 1. The summed E-state index contributed by atoms with van der Waals surface area (Å²) in [7, 11) is 6.71. The van der Waals surface area contributed by atoms with Crippen molar-refractivity contribution in [3.8, 4) is 11.5 Å². The van der Waals surface area contributed by atoms with Crippen molar-refractivity contribution >= 4 is 44.0 Å². The number of likely N-dealkylation sites (N-methyl/N-ethyl adjacent to an activating group) is 1. The van der Waals surface area contributed by atoms with Gasteiger partial charge in [-0.2, -0.15) is 0 Å². The highest BCUT2D eigenvalue weighted by Gasteiger charge is 2.20. The van der Waals surface area contributed by atoms with Crippen LogP contribution in [0, 0.1) is 0 Å². The van der Waals surface area contributed by atoms with Gasteiger partial charge in [-0.1, -0.05) is 50.1 Å². The quantitative estimate of drug-likeness (QED) is 0.230.